The Morgan fingerprint density at radius 3 is 2.85 bits per heavy atom. The number of hydrogen-bond donors (Lipinski definition) is 2. The fraction of sp³-hybridized carbons (Fsp3) is 0.600. The molecule has 1 fully saturated rings. The van der Waals surface area contributed by atoms with Crippen molar-refractivity contribution in [2.24, 2.45) is 0 Å². The lowest BCUT2D eigenvalue weighted by Gasteiger charge is -2.24. The number of hydrogen-bond acceptors (Lipinski definition) is 4. The van der Waals surface area contributed by atoms with Crippen molar-refractivity contribution in [2.75, 3.05) is 26.3 Å². The van der Waals surface area contributed by atoms with Crippen molar-refractivity contribution in [3.8, 4) is 5.75 Å². The fourth-order valence-electron chi connectivity index (χ4n) is 2.26. The molecule has 0 bridgehead atoms. The summed E-state index contributed by atoms with van der Waals surface area (Å²) in [6, 6.07) is 7.10. The lowest BCUT2D eigenvalue weighted by atomic mass is 10.0. The number of halogens is 1. The maximum absolute atomic E-state index is 9.87. The zero-order chi connectivity index (χ0) is 14.4. The van der Waals surface area contributed by atoms with E-state index < -0.39 is 6.10 Å². The van der Waals surface area contributed by atoms with Crippen molar-refractivity contribution in [1.82, 2.24) is 5.32 Å². The first-order valence-electron chi connectivity index (χ1n) is 6.98. The van der Waals surface area contributed by atoms with Gasteiger partial charge in [-0.15, -0.1) is 0 Å². The molecule has 1 aromatic rings. The van der Waals surface area contributed by atoms with E-state index in [4.69, 9.17) is 21.1 Å². The summed E-state index contributed by atoms with van der Waals surface area (Å²) in [5.74, 6) is 0.708. The Morgan fingerprint density at radius 1 is 1.45 bits per heavy atom. The molecule has 0 amide bonds. The van der Waals surface area contributed by atoms with Crippen LogP contribution in [0.25, 0.3) is 0 Å². The molecule has 0 saturated carbocycles. The van der Waals surface area contributed by atoms with Crippen LogP contribution in [0.3, 0.4) is 0 Å². The number of rotatable bonds is 7. The number of aliphatic hydroxyl groups excluding tert-OH is 1. The average Bonchev–Trinajstić information content (AvgIpc) is 2.85. The molecule has 112 valence electrons. The van der Waals surface area contributed by atoms with Gasteiger partial charge >= 0.3 is 0 Å². The minimum absolute atomic E-state index is 0.0866. The summed E-state index contributed by atoms with van der Waals surface area (Å²) in [6.45, 7) is 4.44. The van der Waals surface area contributed by atoms with Crippen LogP contribution >= 0.6 is 11.6 Å². The van der Waals surface area contributed by atoms with Gasteiger partial charge in [-0.1, -0.05) is 11.6 Å². The smallest absolute Gasteiger partial charge is 0.119 e. The maximum atomic E-state index is 9.87. The third kappa shape index (κ3) is 4.94. The number of benzene rings is 1. The Kier molecular flexibility index (Phi) is 5.66. The number of aliphatic hydroxyl groups is 1. The summed E-state index contributed by atoms with van der Waals surface area (Å²) in [6.07, 6.45) is 1.63. The number of nitrogens with one attached hydrogen (secondary N) is 1. The molecule has 0 aromatic heterocycles. The molecule has 20 heavy (non-hydrogen) atoms. The van der Waals surface area contributed by atoms with Gasteiger partial charge in [0.05, 0.1) is 5.60 Å². The van der Waals surface area contributed by atoms with E-state index in [0.29, 0.717) is 17.3 Å². The lowest BCUT2D eigenvalue weighted by Crippen LogP contribution is -2.41. The number of ether oxygens (including phenoxy) is 2. The van der Waals surface area contributed by atoms with Gasteiger partial charge in [-0.2, -0.15) is 0 Å². The standard InChI is InChI=1S/C15H22ClNO3/c1-15(7-2-8-20-15)11-17-9-13(18)10-19-14-5-3-12(16)4-6-14/h3-6,13,17-18H,2,7-11H2,1H3. The van der Waals surface area contributed by atoms with Crippen LogP contribution in [0.1, 0.15) is 19.8 Å². The van der Waals surface area contributed by atoms with Crippen LogP contribution in [0.5, 0.6) is 5.75 Å². The van der Waals surface area contributed by atoms with Gasteiger partial charge in [-0.25, -0.2) is 0 Å². The monoisotopic (exact) mass is 299 g/mol. The summed E-state index contributed by atoms with van der Waals surface area (Å²) >= 11 is 5.79. The van der Waals surface area contributed by atoms with Crippen molar-refractivity contribution in [3.05, 3.63) is 29.3 Å². The second kappa shape index (κ2) is 7.27. The van der Waals surface area contributed by atoms with Crippen molar-refractivity contribution < 1.29 is 14.6 Å². The van der Waals surface area contributed by atoms with E-state index in [1.54, 1.807) is 24.3 Å². The van der Waals surface area contributed by atoms with Gasteiger partial charge in [0.25, 0.3) is 0 Å². The highest BCUT2D eigenvalue weighted by molar-refractivity contribution is 6.30. The molecular formula is C15H22ClNO3. The van der Waals surface area contributed by atoms with Crippen LogP contribution in [-0.4, -0.2) is 43.1 Å². The molecule has 1 saturated heterocycles. The third-order valence-electron chi connectivity index (χ3n) is 3.44. The molecular weight excluding hydrogens is 278 g/mol. The van der Waals surface area contributed by atoms with Gasteiger partial charge < -0.3 is 19.9 Å². The van der Waals surface area contributed by atoms with E-state index >= 15 is 0 Å². The Bertz CT molecular complexity index is 404. The minimum Gasteiger partial charge on any atom is -0.491 e. The summed E-state index contributed by atoms with van der Waals surface area (Å²) in [5, 5.41) is 13.8. The van der Waals surface area contributed by atoms with E-state index in [2.05, 4.69) is 12.2 Å². The highest BCUT2D eigenvalue weighted by Gasteiger charge is 2.29. The summed E-state index contributed by atoms with van der Waals surface area (Å²) in [4.78, 5) is 0. The Hall–Kier alpha value is -0.810. The van der Waals surface area contributed by atoms with Crippen LogP contribution < -0.4 is 10.1 Å². The van der Waals surface area contributed by atoms with E-state index in [0.717, 1.165) is 26.0 Å². The summed E-state index contributed by atoms with van der Waals surface area (Å²) in [7, 11) is 0. The molecule has 0 radical (unpaired) electrons. The molecule has 2 rings (SSSR count). The normalized spacial score (nSPS) is 23.8. The SMILES string of the molecule is CC1(CNCC(O)COc2ccc(Cl)cc2)CCCO1. The van der Waals surface area contributed by atoms with Crippen LogP contribution in [0.2, 0.25) is 5.02 Å². The molecule has 1 aliphatic rings. The molecule has 4 nitrogen and oxygen atoms in total. The van der Waals surface area contributed by atoms with Crippen molar-refractivity contribution >= 4 is 11.6 Å². The van der Waals surface area contributed by atoms with Crippen LogP contribution in [0.4, 0.5) is 0 Å². The fourth-order valence-corrected chi connectivity index (χ4v) is 2.39. The average molecular weight is 300 g/mol. The third-order valence-corrected chi connectivity index (χ3v) is 3.69. The maximum Gasteiger partial charge on any atom is 0.119 e. The first-order valence-corrected chi connectivity index (χ1v) is 7.36. The molecule has 0 spiro atoms. The van der Waals surface area contributed by atoms with Gasteiger partial charge in [0, 0.05) is 24.7 Å². The molecule has 2 unspecified atom stereocenters. The second-order valence-corrected chi connectivity index (χ2v) is 5.89. The highest BCUT2D eigenvalue weighted by atomic mass is 35.5. The van der Waals surface area contributed by atoms with E-state index in [1.807, 2.05) is 0 Å². The molecule has 2 N–H and O–H groups in total. The zero-order valence-corrected chi connectivity index (χ0v) is 12.5. The predicted molar refractivity (Wildman–Crippen MR) is 79.4 cm³/mol. The topological polar surface area (TPSA) is 50.7 Å². The van der Waals surface area contributed by atoms with Gasteiger partial charge in [-0.3, -0.25) is 0 Å². The molecule has 1 heterocycles. The van der Waals surface area contributed by atoms with E-state index in [1.165, 1.54) is 0 Å². The molecule has 1 aliphatic heterocycles. The van der Waals surface area contributed by atoms with Crippen molar-refractivity contribution in [2.45, 2.75) is 31.5 Å². The van der Waals surface area contributed by atoms with E-state index in [-0.39, 0.29) is 12.2 Å². The quantitative estimate of drug-likeness (QED) is 0.811. The first-order chi connectivity index (χ1) is 9.57. The van der Waals surface area contributed by atoms with Crippen LogP contribution in [0.15, 0.2) is 24.3 Å². The summed E-state index contributed by atoms with van der Waals surface area (Å²) < 4.78 is 11.2. The van der Waals surface area contributed by atoms with E-state index in [9.17, 15) is 5.11 Å². The van der Waals surface area contributed by atoms with Crippen LogP contribution in [0, 0.1) is 0 Å². The van der Waals surface area contributed by atoms with Crippen molar-refractivity contribution in [3.63, 3.8) is 0 Å². The Morgan fingerprint density at radius 2 is 2.20 bits per heavy atom. The summed E-state index contributed by atoms with van der Waals surface area (Å²) in [5.41, 5.74) is -0.0866. The van der Waals surface area contributed by atoms with Crippen molar-refractivity contribution in [1.29, 1.82) is 0 Å². The largest absolute Gasteiger partial charge is 0.491 e. The first kappa shape index (κ1) is 15.6. The second-order valence-electron chi connectivity index (χ2n) is 5.45. The molecule has 1 aromatic carbocycles. The minimum atomic E-state index is -0.546. The predicted octanol–water partition coefficient (Wildman–Crippen LogP) is 2.24. The Labute approximate surface area is 125 Å². The molecule has 2 atom stereocenters. The van der Waals surface area contributed by atoms with Gasteiger partial charge in [0.15, 0.2) is 0 Å². The molecule has 5 heteroatoms. The molecule has 0 aliphatic carbocycles. The lowest BCUT2D eigenvalue weighted by molar-refractivity contribution is 0.0170. The van der Waals surface area contributed by atoms with Gasteiger partial charge in [-0.05, 0) is 44.0 Å². The highest BCUT2D eigenvalue weighted by Crippen LogP contribution is 2.23. The van der Waals surface area contributed by atoms with Crippen LogP contribution in [-0.2, 0) is 4.74 Å². The Balaban J connectivity index is 1.62. The zero-order valence-electron chi connectivity index (χ0n) is 11.8. The van der Waals surface area contributed by atoms with Gasteiger partial charge in [0.1, 0.15) is 18.5 Å². The van der Waals surface area contributed by atoms with Gasteiger partial charge in [0.2, 0.25) is 0 Å².